The highest BCUT2D eigenvalue weighted by Crippen LogP contribution is 2.42. The lowest BCUT2D eigenvalue weighted by Gasteiger charge is -2.27. The van der Waals surface area contributed by atoms with Crippen molar-refractivity contribution in [1.29, 1.82) is 0 Å². The number of fused-ring (bicyclic) bond motifs is 1. The van der Waals surface area contributed by atoms with E-state index in [0.29, 0.717) is 0 Å². The van der Waals surface area contributed by atoms with Gasteiger partial charge in [-0.2, -0.15) is 0 Å². The van der Waals surface area contributed by atoms with Crippen molar-refractivity contribution in [2.45, 2.75) is 44.4 Å². The molecule has 0 saturated carbocycles. The topological polar surface area (TPSA) is 76.0 Å². The average molecular weight is 202 g/mol. The maximum atomic E-state index is 11.3. The number of rotatable bonds is 1. The van der Waals surface area contributed by atoms with Crippen molar-refractivity contribution in [3.05, 3.63) is 0 Å². The first kappa shape index (κ1) is 9.89. The van der Waals surface area contributed by atoms with Crippen LogP contribution in [0.15, 0.2) is 0 Å². The third kappa shape index (κ3) is 1.24. The Kier molecular flexibility index (Phi) is 2.06. The quantitative estimate of drug-likeness (QED) is 0.556. The number of hydrogen-bond acceptors (Lipinski definition) is 5. The van der Waals surface area contributed by atoms with Gasteiger partial charge in [0.15, 0.2) is 5.79 Å². The Balaban J connectivity index is 2.18. The molecule has 2 saturated heterocycles. The minimum atomic E-state index is -1.59. The highest BCUT2D eigenvalue weighted by atomic mass is 16.7. The van der Waals surface area contributed by atoms with Gasteiger partial charge in [0.2, 0.25) is 0 Å². The van der Waals surface area contributed by atoms with E-state index in [-0.39, 0.29) is 18.5 Å². The van der Waals surface area contributed by atoms with Gasteiger partial charge in [0.05, 0.1) is 5.92 Å². The number of carbonyl (C=O) groups is 1. The standard InChI is InChI=1S/C9H14O5/c1-4-7-6(8(11)13-4)3-9(12,14-7)5(2)10/h4-7,10,12H,3H2,1-2H3/t4-,5?,6+,7+,9-/m1/s1. The summed E-state index contributed by atoms with van der Waals surface area (Å²) in [7, 11) is 0. The molecule has 2 fully saturated rings. The maximum absolute atomic E-state index is 11.3. The van der Waals surface area contributed by atoms with Crippen molar-refractivity contribution in [3.63, 3.8) is 0 Å². The molecule has 0 bridgehead atoms. The molecular formula is C9H14O5. The Labute approximate surface area is 81.6 Å². The fraction of sp³-hybridized carbons (Fsp3) is 0.889. The molecule has 2 heterocycles. The minimum absolute atomic E-state index is 0.110. The first-order chi connectivity index (χ1) is 6.44. The number of carbonyl (C=O) groups excluding carboxylic acids is 1. The molecule has 2 aliphatic heterocycles. The molecule has 0 spiro atoms. The molecule has 0 aromatic rings. The molecule has 80 valence electrons. The molecule has 2 N–H and O–H groups in total. The second-order valence-corrected chi connectivity index (χ2v) is 4.06. The zero-order valence-corrected chi connectivity index (χ0v) is 8.14. The number of aliphatic hydroxyl groups excluding tert-OH is 1. The van der Waals surface area contributed by atoms with E-state index in [4.69, 9.17) is 9.47 Å². The van der Waals surface area contributed by atoms with E-state index in [1.807, 2.05) is 0 Å². The Morgan fingerprint density at radius 1 is 1.64 bits per heavy atom. The van der Waals surface area contributed by atoms with Crippen LogP contribution in [-0.4, -0.2) is 40.3 Å². The number of aliphatic hydroxyl groups is 2. The van der Waals surface area contributed by atoms with Crippen LogP contribution in [0.4, 0.5) is 0 Å². The Morgan fingerprint density at radius 3 is 2.79 bits per heavy atom. The molecule has 0 aliphatic carbocycles. The lowest BCUT2D eigenvalue weighted by molar-refractivity contribution is -0.249. The van der Waals surface area contributed by atoms with Gasteiger partial charge in [-0.3, -0.25) is 4.79 Å². The van der Waals surface area contributed by atoms with Crippen LogP contribution in [0.3, 0.4) is 0 Å². The third-order valence-corrected chi connectivity index (χ3v) is 2.97. The van der Waals surface area contributed by atoms with Gasteiger partial charge in [-0.1, -0.05) is 0 Å². The number of hydrogen-bond donors (Lipinski definition) is 2. The molecular weight excluding hydrogens is 188 g/mol. The largest absolute Gasteiger partial charge is 0.460 e. The van der Waals surface area contributed by atoms with Gasteiger partial charge >= 0.3 is 5.97 Å². The van der Waals surface area contributed by atoms with E-state index >= 15 is 0 Å². The van der Waals surface area contributed by atoms with Gasteiger partial charge < -0.3 is 19.7 Å². The predicted molar refractivity (Wildman–Crippen MR) is 45.2 cm³/mol. The summed E-state index contributed by atoms with van der Waals surface area (Å²) in [5, 5.41) is 19.1. The molecule has 5 nitrogen and oxygen atoms in total. The molecule has 5 heteroatoms. The monoisotopic (exact) mass is 202 g/mol. The van der Waals surface area contributed by atoms with Crippen molar-refractivity contribution < 1.29 is 24.5 Å². The van der Waals surface area contributed by atoms with E-state index in [1.165, 1.54) is 6.92 Å². The van der Waals surface area contributed by atoms with E-state index in [1.54, 1.807) is 6.92 Å². The Morgan fingerprint density at radius 2 is 2.29 bits per heavy atom. The van der Waals surface area contributed by atoms with E-state index in [0.717, 1.165) is 0 Å². The zero-order chi connectivity index (χ0) is 10.5. The summed E-state index contributed by atoms with van der Waals surface area (Å²) < 4.78 is 10.2. The fourth-order valence-electron chi connectivity index (χ4n) is 2.04. The number of esters is 1. The van der Waals surface area contributed by atoms with Crippen molar-refractivity contribution >= 4 is 5.97 Å². The predicted octanol–water partition coefficient (Wildman–Crippen LogP) is -0.594. The van der Waals surface area contributed by atoms with Gasteiger partial charge in [0.25, 0.3) is 0 Å². The van der Waals surface area contributed by atoms with E-state index < -0.39 is 23.9 Å². The highest BCUT2D eigenvalue weighted by molar-refractivity contribution is 5.76. The average Bonchev–Trinajstić information content (AvgIpc) is 2.54. The van der Waals surface area contributed by atoms with Crippen LogP contribution >= 0.6 is 0 Å². The van der Waals surface area contributed by atoms with Gasteiger partial charge in [-0.15, -0.1) is 0 Å². The summed E-state index contributed by atoms with van der Waals surface area (Å²) in [4.78, 5) is 11.3. The highest BCUT2D eigenvalue weighted by Gasteiger charge is 2.57. The van der Waals surface area contributed by atoms with Gasteiger partial charge in [-0.25, -0.2) is 0 Å². The summed E-state index contributed by atoms with van der Waals surface area (Å²) in [6, 6.07) is 0. The third-order valence-electron chi connectivity index (χ3n) is 2.97. The van der Waals surface area contributed by atoms with Crippen LogP contribution in [0.25, 0.3) is 0 Å². The number of cyclic esters (lactones) is 1. The summed E-state index contributed by atoms with van der Waals surface area (Å²) in [6.45, 7) is 3.16. The maximum Gasteiger partial charge on any atom is 0.312 e. The van der Waals surface area contributed by atoms with Crippen LogP contribution < -0.4 is 0 Å². The molecule has 0 aromatic carbocycles. The van der Waals surface area contributed by atoms with E-state index in [9.17, 15) is 15.0 Å². The van der Waals surface area contributed by atoms with Gasteiger partial charge in [0, 0.05) is 6.42 Å². The summed E-state index contributed by atoms with van der Waals surface area (Å²) in [6.07, 6.45) is -1.67. The van der Waals surface area contributed by atoms with Crippen molar-refractivity contribution in [3.8, 4) is 0 Å². The van der Waals surface area contributed by atoms with Crippen molar-refractivity contribution in [2.75, 3.05) is 0 Å². The summed E-state index contributed by atoms with van der Waals surface area (Å²) >= 11 is 0. The molecule has 5 atom stereocenters. The first-order valence-electron chi connectivity index (χ1n) is 4.73. The van der Waals surface area contributed by atoms with Crippen LogP contribution in [0.5, 0.6) is 0 Å². The Bertz CT molecular complexity index is 264. The minimum Gasteiger partial charge on any atom is -0.460 e. The zero-order valence-electron chi connectivity index (χ0n) is 8.14. The molecule has 0 aromatic heterocycles. The molecule has 0 amide bonds. The molecule has 14 heavy (non-hydrogen) atoms. The summed E-state index contributed by atoms with van der Waals surface area (Å²) in [5.41, 5.74) is 0. The molecule has 1 unspecified atom stereocenters. The second kappa shape index (κ2) is 2.92. The Hall–Kier alpha value is -0.650. The SMILES string of the molecule is CC(O)[C@@]1(O)C[C@@H]2C(=O)O[C@H](C)[C@@H]2O1. The lowest BCUT2D eigenvalue weighted by Crippen LogP contribution is -2.42. The molecule has 0 radical (unpaired) electrons. The van der Waals surface area contributed by atoms with Crippen LogP contribution in [0.1, 0.15) is 20.3 Å². The second-order valence-electron chi connectivity index (χ2n) is 4.06. The molecule has 2 rings (SSSR count). The van der Waals surface area contributed by atoms with Crippen LogP contribution in [0.2, 0.25) is 0 Å². The van der Waals surface area contributed by atoms with Crippen LogP contribution in [0, 0.1) is 5.92 Å². The normalized spacial score (nSPS) is 48.9. The van der Waals surface area contributed by atoms with Crippen molar-refractivity contribution in [2.24, 2.45) is 5.92 Å². The van der Waals surface area contributed by atoms with Gasteiger partial charge in [-0.05, 0) is 13.8 Å². The molecule has 2 aliphatic rings. The van der Waals surface area contributed by atoms with E-state index in [2.05, 4.69) is 0 Å². The number of ether oxygens (including phenoxy) is 2. The summed E-state index contributed by atoms with van der Waals surface area (Å²) in [5.74, 6) is -2.38. The lowest BCUT2D eigenvalue weighted by atomic mass is 9.96. The smallest absolute Gasteiger partial charge is 0.312 e. The first-order valence-corrected chi connectivity index (χ1v) is 4.73. The van der Waals surface area contributed by atoms with Crippen LogP contribution in [-0.2, 0) is 14.3 Å². The van der Waals surface area contributed by atoms with Crippen molar-refractivity contribution in [1.82, 2.24) is 0 Å². The van der Waals surface area contributed by atoms with Gasteiger partial charge in [0.1, 0.15) is 18.3 Å². The fourth-order valence-corrected chi connectivity index (χ4v) is 2.04.